The molecular weight excluding hydrogens is 304 g/mol. The Morgan fingerprint density at radius 2 is 2.00 bits per heavy atom. The Labute approximate surface area is 147 Å². The summed E-state index contributed by atoms with van der Waals surface area (Å²) in [7, 11) is 1.41. The number of carbonyl (C=O) groups is 2. The second-order valence-corrected chi connectivity index (χ2v) is 7.56. The third-order valence-corrected chi connectivity index (χ3v) is 5.47. The van der Waals surface area contributed by atoms with Gasteiger partial charge in [-0.15, -0.1) is 0 Å². The molecule has 0 amide bonds. The summed E-state index contributed by atoms with van der Waals surface area (Å²) in [6.07, 6.45) is 9.73. The number of unbranched alkanes of at least 4 members (excludes halogenated alkanes) is 2. The van der Waals surface area contributed by atoms with E-state index in [1.807, 2.05) is 6.92 Å². The summed E-state index contributed by atoms with van der Waals surface area (Å²) in [6, 6.07) is 0. The highest BCUT2D eigenvalue weighted by molar-refractivity contribution is 5.83. The maximum Gasteiger partial charge on any atom is 0.305 e. The lowest BCUT2D eigenvalue weighted by Gasteiger charge is -2.21. The van der Waals surface area contributed by atoms with Gasteiger partial charge in [0.15, 0.2) is 0 Å². The van der Waals surface area contributed by atoms with Crippen LogP contribution in [0.5, 0.6) is 0 Å². The molecule has 1 rings (SSSR count). The zero-order valence-corrected chi connectivity index (χ0v) is 15.8. The molecule has 0 aromatic heterocycles. The first-order valence-corrected chi connectivity index (χ1v) is 9.75. The van der Waals surface area contributed by atoms with Crippen molar-refractivity contribution in [2.75, 3.05) is 7.11 Å². The van der Waals surface area contributed by atoms with E-state index in [9.17, 15) is 14.7 Å². The number of ether oxygens (including phenoxy) is 1. The van der Waals surface area contributed by atoms with Crippen LogP contribution in [0.25, 0.3) is 0 Å². The number of esters is 1. The van der Waals surface area contributed by atoms with Gasteiger partial charge in [0.2, 0.25) is 0 Å². The Balaban J connectivity index is 2.33. The highest BCUT2D eigenvalue weighted by Crippen LogP contribution is 2.36. The lowest BCUT2D eigenvalue weighted by Crippen LogP contribution is -2.18. The third kappa shape index (κ3) is 7.78. The van der Waals surface area contributed by atoms with E-state index in [1.165, 1.54) is 20.0 Å². The van der Waals surface area contributed by atoms with Gasteiger partial charge in [-0.1, -0.05) is 33.1 Å². The molecule has 0 heterocycles. The van der Waals surface area contributed by atoms with E-state index in [4.69, 9.17) is 4.74 Å². The SMILES string of the molecule is CCCCCC(O)CC[C@H]1CCC(=O)[C@H]1CCC(C)CC(=O)OC. The summed E-state index contributed by atoms with van der Waals surface area (Å²) in [4.78, 5) is 23.5. The average molecular weight is 341 g/mol. The van der Waals surface area contributed by atoms with E-state index < -0.39 is 0 Å². The molecular formula is C20H36O4. The smallest absolute Gasteiger partial charge is 0.305 e. The molecule has 0 radical (unpaired) electrons. The Kier molecular flexibility index (Phi) is 10.2. The van der Waals surface area contributed by atoms with Gasteiger partial charge in [0, 0.05) is 18.8 Å². The normalized spacial score (nSPS) is 23.2. The molecule has 1 saturated carbocycles. The summed E-state index contributed by atoms with van der Waals surface area (Å²) in [5, 5.41) is 10.1. The maximum absolute atomic E-state index is 12.2. The van der Waals surface area contributed by atoms with E-state index in [-0.39, 0.29) is 23.9 Å². The van der Waals surface area contributed by atoms with Gasteiger partial charge in [0.1, 0.15) is 5.78 Å². The van der Waals surface area contributed by atoms with Crippen LogP contribution in [0.15, 0.2) is 0 Å². The Bertz CT molecular complexity index is 380. The summed E-state index contributed by atoms with van der Waals surface area (Å²) < 4.78 is 4.71. The second kappa shape index (κ2) is 11.6. The van der Waals surface area contributed by atoms with Crippen LogP contribution in [0, 0.1) is 17.8 Å². The topological polar surface area (TPSA) is 63.6 Å². The zero-order chi connectivity index (χ0) is 17.9. The van der Waals surface area contributed by atoms with Gasteiger partial charge in [-0.3, -0.25) is 9.59 Å². The molecule has 0 aliphatic heterocycles. The van der Waals surface area contributed by atoms with Crippen molar-refractivity contribution in [2.45, 2.75) is 90.6 Å². The molecule has 4 heteroatoms. The minimum absolute atomic E-state index is 0.132. The number of carbonyl (C=O) groups excluding carboxylic acids is 2. The standard InChI is InChI=1S/C20H36O4/c1-4-5-6-7-17(21)11-9-16-10-13-19(22)18(16)12-8-15(2)14-20(23)24-3/h15-18,21H,4-14H2,1-3H3/t15?,16-,17?,18-/m0/s1. The summed E-state index contributed by atoms with van der Waals surface area (Å²) in [6.45, 7) is 4.21. The Morgan fingerprint density at radius 1 is 1.25 bits per heavy atom. The average Bonchev–Trinajstić information content (AvgIpc) is 2.91. The second-order valence-electron chi connectivity index (χ2n) is 7.56. The van der Waals surface area contributed by atoms with Crippen molar-refractivity contribution in [1.29, 1.82) is 0 Å². The van der Waals surface area contributed by atoms with Gasteiger partial charge in [0.25, 0.3) is 0 Å². The van der Waals surface area contributed by atoms with Crippen LogP contribution in [0.1, 0.15) is 84.5 Å². The van der Waals surface area contributed by atoms with E-state index in [0.717, 1.165) is 44.9 Å². The molecule has 4 atom stereocenters. The zero-order valence-electron chi connectivity index (χ0n) is 15.8. The van der Waals surface area contributed by atoms with Gasteiger partial charge in [-0.2, -0.15) is 0 Å². The van der Waals surface area contributed by atoms with Crippen molar-refractivity contribution in [2.24, 2.45) is 17.8 Å². The van der Waals surface area contributed by atoms with Crippen LogP contribution in [0.4, 0.5) is 0 Å². The van der Waals surface area contributed by atoms with E-state index in [2.05, 4.69) is 6.92 Å². The summed E-state index contributed by atoms with van der Waals surface area (Å²) in [5.41, 5.74) is 0. The number of aliphatic hydroxyl groups excluding tert-OH is 1. The first-order valence-electron chi connectivity index (χ1n) is 9.75. The van der Waals surface area contributed by atoms with Gasteiger partial charge >= 0.3 is 5.97 Å². The quantitative estimate of drug-likeness (QED) is 0.425. The molecule has 0 aromatic carbocycles. The maximum atomic E-state index is 12.2. The Hall–Kier alpha value is -0.900. The van der Waals surface area contributed by atoms with E-state index in [0.29, 0.717) is 24.5 Å². The van der Waals surface area contributed by atoms with Crippen molar-refractivity contribution in [3.63, 3.8) is 0 Å². The minimum atomic E-state index is -0.217. The lowest BCUT2D eigenvalue weighted by molar-refractivity contribution is -0.141. The van der Waals surface area contributed by atoms with Crippen LogP contribution in [0.3, 0.4) is 0 Å². The highest BCUT2D eigenvalue weighted by Gasteiger charge is 2.34. The predicted molar refractivity (Wildman–Crippen MR) is 95.6 cm³/mol. The first-order chi connectivity index (χ1) is 11.5. The van der Waals surface area contributed by atoms with Gasteiger partial charge in [0.05, 0.1) is 13.2 Å². The fraction of sp³-hybridized carbons (Fsp3) is 0.900. The summed E-state index contributed by atoms with van der Waals surface area (Å²) >= 11 is 0. The van der Waals surface area contributed by atoms with E-state index >= 15 is 0 Å². The van der Waals surface area contributed by atoms with Crippen LogP contribution in [-0.2, 0) is 14.3 Å². The molecule has 0 bridgehead atoms. The van der Waals surface area contributed by atoms with Crippen molar-refractivity contribution in [1.82, 2.24) is 0 Å². The number of methoxy groups -OCH3 is 1. The van der Waals surface area contributed by atoms with Crippen LogP contribution in [-0.4, -0.2) is 30.1 Å². The molecule has 1 aliphatic rings. The van der Waals surface area contributed by atoms with Crippen LogP contribution < -0.4 is 0 Å². The van der Waals surface area contributed by atoms with Crippen molar-refractivity contribution >= 4 is 11.8 Å². The number of hydrogen-bond acceptors (Lipinski definition) is 4. The molecule has 0 aromatic rings. The van der Waals surface area contributed by atoms with Crippen LogP contribution >= 0.6 is 0 Å². The molecule has 140 valence electrons. The van der Waals surface area contributed by atoms with Gasteiger partial charge in [-0.05, 0) is 50.4 Å². The van der Waals surface area contributed by atoms with Gasteiger partial charge in [-0.25, -0.2) is 0 Å². The van der Waals surface area contributed by atoms with Gasteiger partial charge < -0.3 is 9.84 Å². The highest BCUT2D eigenvalue weighted by atomic mass is 16.5. The molecule has 0 spiro atoms. The lowest BCUT2D eigenvalue weighted by atomic mass is 9.84. The predicted octanol–water partition coefficient (Wildman–Crippen LogP) is 4.28. The largest absolute Gasteiger partial charge is 0.469 e. The monoisotopic (exact) mass is 340 g/mol. The molecule has 2 unspecified atom stereocenters. The molecule has 1 fully saturated rings. The molecule has 1 aliphatic carbocycles. The van der Waals surface area contributed by atoms with E-state index in [1.54, 1.807) is 0 Å². The molecule has 4 nitrogen and oxygen atoms in total. The van der Waals surface area contributed by atoms with Crippen molar-refractivity contribution < 1.29 is 19.4 Å². The number of rotatable bonds is 12. The number of aliphatic hydroxyl groups is 1. The summed E-state index contributed by atoms with van der Waals surface area (Å²) in [5.74, 6) is 1.01. The molecule has 1 N–H and O–H groups in total. The van der Waals surface area contributed by atoms with Crippen molar-refractivity contribution in [3.05, 3.63) is 0 Å². The number of ketones is 1. The fourth-order valence-corrected chi connectivity index (χ4v) is 3.83. The molecule has 0 saturated heterocycles. The number of hydrogen-bond donors (Lipinski definition) is 1. The first kappa shape index (κ1) is 21.1. The fourth-order valence-electron chi connectivity index (χ4n) is 3.83. The molecule has 24 heavy (non-hydrogen) atoms. The number of Topliss-reactive ketones (excluding diaryl/α,β-unsaturated/α-hetero) is 1. The Morgan fingerprint density at radius 3 is 2.67 bits per heavy atom. The minimum Gasteiger partial charge on any atom is -0.469 e. The van der Waals surface area contributed by atoms with Crippen LogP contribution in [0.2, 0.25) is 0 Å². The third-order valence-electron chi connectivity index (χ3n) is 5.47. The van der Waals surface area contributed by atoms with Crippen molar-refractivity contribution in [3.8, 4) is 0 Å².